The van der Waals surface area contributed by atoms with Gasteiger partial charge in [-0.3, -0.25) is 4.90 Å². The van der Waals surface area contributed by atoms with Crippen molar-refractivity contribution in [2.24, 2.45) is 11.1 Å². The summed E-state index contributed by atoms with van der Waals surface area (Å²) < 4.78 is 5.51. The number of morpholine rings is 1. The molecular formula is C17H22N2O2. The van der Waals surface area contributed by atoms with Crippen LogP contribution in [0.15, 0.2) is 35.5 Å². The number of hydrogen-bond donors (Lipinski definition) is 0. The van der Waals surface area contributed by atoms with E-state index in [0.717, 1.165) is 38.4 Å². The smallest absolute Gasteiger partial charge is 0.200 e. The number of hydrogen-bond acceptors (Lipinski definition) is 4. The Hall–Kier alpha value is -1.39. The fourth-order valence-electron chi connectivity index (χ4n) is 4.02. The molecule has 0 bridgehead atoms. The highest BCUT2D eigenvalue weighted by molar-refractivity contribution is 6.03. The molecule has 1 aliphatic carbocycles. The lowest BCUT2D eigenvalue weighted by molar-refractivity contribution is -0.195. The molecule has 21 heavy (non-hydrogen) atoms. The first kappa shape index (κ1) is 13.3. The van der Waals surface area contributed by atoms with E-state index in [1.165, 1.54) is 24.8 Å². The summed E-state index contributed by atoms with van der Waals surface area (Å²) in [6.45, 7) is 3.51. The summed E-state index contributed by atoms with van der Waals surface area (Å²) in [5.74, 6) is 0.395. The minimum Gasteiger partial charge on any atom is -0.379 e. The second kappa shape index (κ2) is 5.43. The van der Waals surface area contributed by atoms with E-state index in [1.807, 2.05) is 0 Å². The van der Waals surface area contributed by atoms with Gasteiger partial charge in [0.05, 0.1) is 24.8 Å². The summed E-state index contributed by atoms with van der Waals surface area (Å²) in [5.41, 5.74) is 2.13. The van der Waals surface area contributed by atoms with Crippen LogP contribution >= 0.6 is 0 Å². The maximum absolute atomic E-state index is 6.11. The normalized spacial score (nSPS) is 33.1. The molecule has 4 heteroatoms. The average molecular weight is 286 g/mol. The van der Waals surface area contributed by atoms with E-state index in [4.69, 9.17) is 9.57 Å². The maximum Gasteiger partial charge on any atom is 0.200 e. The zero-order valence-electron chi connectivity index (χ0n) is 12.3. The van der Waals surface area contributed by atoms with E-state index in [1.54, 1.807) is 0 Å². The van der Waals surface area contributed by atoms with Crippen molar-refractivity contribution in [3.8, 4) is 0 Å². The molecule has 2 aliphatic heterocycles. The first-order valence-electron chi connectivity index (χ1n) is 8.04. The lowest BCUT2D eigenvalue weighted by atomic mass is 9.76. The zero-order chi connectivity index (χ0) is 14.1. The lowest BCUT2D eigenvalue weighted by Gasteiger charge is -2.46. The van der Waals surface area contributed by atoms with Gasteiger partial charge >= 0.3 is 0 Å². The summed E-state index contributed by atoms with van der Waals surface area (Å²) in [6.07, 6.45) is 4.75. The first-order chi connectivity index (χ1) is 10.4. The van der Waals surface area contributed by atoms with Crippen molar-refractivity contribution < 1.29 is 9.57 Å². The molecule has 2 fully saturated rings. The zero-order valence-corrected chi connectivity index (χ0v) is 12.3. The van der Waals surface area contributed by atoms with Gasteiger partial charge in [-0.25, -0.2) is 0 Å². The van der Waals surface area contributed by atoms with E-state index in [0.29, 0.717) is 5.92 Å². The number of fused-ring (bicyclic) bond motifs is 1. The summed E-state index contributed by atoms with van der Waals surface area (Å²) in [4.78, 5) is 8.58. The van der Waals surface area contributed by atoms with Gasteiger partial charge in [-0.05, 0) is 18.4 Å². The second-order valence-electron chi connectivity index (χ2n) is 6.18. The third-order valence-corrected chi connectivity index (χ3v) is 5.07. The monoisotopic (exact) mass is 286 g/mol. The quantitative estimate of drug-likeness (QED) is 0.838. The average Bonchev–Trinajstić information content (AvgIpc) is 2.97. The molecule has 2 atom stereocenters. The van der Waals surface area contributed by atoms with Crippen LogP contribution in [-0.4, -0.2) is 42.6 Å². The van der Waals surface area contributed by atoms with Gasteiger partial charge in [-0.15, -0.1) is 0 Å². The van der Waals surface area contributed by atoms with Gasteiger partial charge in [0, 0.05) is 19.5 Å². The molecule has 0 spiro atoms. The molecule has 0 aromatic heterocycles. The maximum atomic E-state index is 6.11. The van der Waals surface area contributed by atoms with Gasteiger partial charge in [0.25, 0.3) is 0 Å². The molecule has 3 aliphatic rings. The Morgan fingerprint density at radius 2 is 1.90 bits per heavy atom. The highest BCUT2D eigenvalue weighted by Crippen LogP contribution is 2.45. The van der Waals surface area contributed by atoms with Crippen LogP contribution in [0.3, 0.4) is 0 Å². The molecule has 2 heterocycles. The lowest BCUT2D eigenvalue weighted by Crippen LogP contribution is -2.59. The van der Waals surface area contributed by atoms with E-state index in [2.05, 4.69) is 40.4 Å². The van der Waals surface area contributed by atoms with Crippen molar-refractivity contribution in [1.82, 2.24) is 4.90 Å². The van der Waals surface area contributed by atoms with Crippen molar-refractivity contribution in [3.63, 3.8) is 0 Å². The number of ether oxygens (including phenoxy) is 1. The minimum absolute atomic E-state index is 0.215. The predicted molar refractivity (Wildman–Crippen MR) is 81.1 cm³/mol. The molecule has 4 nitrogen and oxygen atoms in total. The van der Waals surface area contributed by atoms with Crippen LogP contribution in [0.1, 0.15) is 31.2 Å². The van der Waals surface area contributed by atoms with Crippen LogP contribution in [0.4, 0.5) is 0 Å². The molecule has 1 saturated heterocycles. The van der Waals surface area contributed by atoms with Crippen molar-refractivity contribution in [2.45, 2.75) is 31.4 Å². The molecule has 1 aromatic rings. The number of benzene rings is 1. The molecule has 0 radical (unpaired) electrons. The third-order valence-electron chi connectivity index (χ3n) is 5.07. The highest BCUT2D eigenvalue weighted by atomic mass is 16.7. The van der Waals surface area contributed by atoms with E-state index < -0.39 is 0 Å². The van der Waals surface area contributed by atoms with Gasteiger partial charge in [0.15, 0.2) is 5.72 Å². The number of rotatable bonds is 2. The molecule has 0 N–H and O–H groups in total. The summed E-state index contributed by atoms with van der Waals surface area (Å²) in [7, 11) is 0. The Labute approximate surface area is 125 Å². The Morgan fingerprint density at radius 1 is 1.10 bits per heavy atom. The van der Waals surface area contributed by atoms with Crippen LogP contribution in [0, 0.1) is 5.92 Å². The van der Waals surface area contributed by atoms with E-state index in [-0.39, 0.29) is 5.72 Å². The van der Waals surface area contributed by atoms with Gasteiger partial charge < -0.3 is 9.57 Å². The highest BCUT2D eigenvalue weighted by Gasteiger charge is 2.54. The summed E-state index contributed by atoms with van der Waals surface area (Å²) in [5, 5.41) is 4.53. The van der Waals surface area contributed by atoms with Crippen LogP contribution in [0.25, 0.3) is 0 Å². The van der Waals surface area contributed by atoms with Crippen LogP contribution < -0.4 is 0 Å². The van der Waals surface area contributed by atoms with Crippen LogP contribution in [-0.2, 0) is 9.57 Å². The Bertz CT molecular complexity index is 525. The van der Waals surface area contributed by atoms with Crippen molar-refractivity contribution in [1.29, 1.82) is 0 Å². The number of nitrogens with zero attached hydrogens (tertiary/aromatic N) is 2. The Kier molecular flexibility index (Phi) is 3.43. The predicted octanol–water partition coefficient (Wildman–Crippen LogP) is 2.64. The van der Waals surface area contributed by atoms with E-state index >= 15 is 0 Å². The SMILES string of the molecule is c1ccc(C2=NOC3(N4CCOCC4)CCCCC23)cc1. The molecule has 0 amide bonds. The van der Waals surface area contributed by atoms with Crippen molar-refractivity contribution in [3.05, 3.63) is 35.9 Å². The second-order valence-corrected chi connectivity index (χ2v) is 6.18. The van der Waals surface area contributed by atoms with Gasteiger partial charge in [0.1, 0.15) is 0 Å². The fraction of sp³-hybridized carbons (Fsp3) is 0.588. The largest absolute Gasteiger partial charge is 0.379 e. The Morgan fingerprint density at radius 3 is 2.71 bits per heavy atom. The Balaban J connectivity index is 1.65. The summed E-state index contributed by atoms with van der Waals surface area (Å²) >= 11 is 0. The van der Waals surface area contributed by atoms with Crippen molar-refractivity contribution >= 4 is 5.71 Å². The fourth-order valence-corrected chi connectivity index (χ4v) is 4.02. The molecule has 1 saturated carbocycles. The molecular weight excluding hydrogens is 264 g/mol. The number of oxime groups is 1. The first-order valence-corrected chi connectivity index (χ1v) is 8.04. The van der Waals surface area contributed by atoms with Gasteiger partial charge in [-0.2, -0.15) is 0 Å². The van der Waals surface area contributed by atoms with Gasteiger partial charge in [0.2, 0.25) is 0 Å². The standard InChI is InChI=1S/C17H22N2O2/c1-2-6-14(7-3-1)16-15-8-4-5-9-17(15,21-18-16)19-10-12-20-13-11-19/h1-3,6-7,15H,4-5,8-13H2. The van der Waals surface area contributed by atoms with E-state index in [9.17, 15) is 0 Å². The topological polar surface area (TPSA) is 34.1 Å². The third kappa shape index (κ3) is 2.17. The molecule has 112 valence electrons. The molecule has 2 unspecified atom stereocenters. The van der Waals surface area contributed by atoms with Crippen LogP contribution in [0.2, 0.25) is 0 Å². The molecule has 1 aromatic carbocycles. The summed E-state index contributed by atoms with van der Waals surface area (Å²) in [6, 6.07) is 10.5. The molecule has 4 rings (SSSR count). The van der Waals surface area contributed by atoms with Gasteiger partial charge in [-0.1, -0.05) is 41.9 Å². The van der Waals surface area contributed by atoms with Crippen molar-refractivity contribution in [2.75, 3.05) is 26.3 Å². The van der Waals surface area contributed by atoms with Crippen LogP contribution in [0.5, 0.6) is 0 Å². The minimum atomic E-state index is -0.215.